The maximum atomic E-state index is 6.08. The van der Waals surface area contributed by atoms with Crippen LogP contribution in [0.15, 0.2) is 16.5 Å². The van der Waals surface area contributed by atoms with Gasteiger partial charge in [0.25, 0.3) is 0 Å². The third-order valence-electron chi connectivity index (χ3n) is 4.46. The summed E-state index contributed by atoms with van der Waals surface area (Å²) in [6.07, 6.45) is 9.45. The molecule has 0 aromatic carbocycles. The first-order valence-corrected chi connectivity index (χ1v) is 7.04. The van der Waals surface area contributed by atoms with E-state index >= 15 is 0 Å². The first-order chi connectivity index (χ1) is 8.19. The Kier molecular flexibility index (Phi) is 2.81. The van der Waals surface area contributed by atoms with Crippen LogP contribution in [0.5, 0.6) is 0 Å². The van der Waals surface area contributed by atoms with E-state index < -0.39 is 0 Å². The molecule has 1 spiro atoms. The van der Waals surface area contributed by atoms with Gasteiger partial charge in [-0.05, 0) is 24.7 Å². The Balaban J connectivity index is 1.74. The molecule has 3 aliphatic rings. The zero-order chi connectivity index (χ0) is 11.9. The number of nitrogens with two attached hydrogens (primary N) is 1. The maximum absolute atomic E-state index is 6.08. The average molecular weight is 254 g/mol. The van der Waals surface area contributed by atoms with Crippen molar-refractivity contribution in [1.82, 2.24) is 4.90 Å². The van der Waals surface area contributed by atoms with Crippen LogP contribution < -0.4 is 5.73 Å². The van der Waals surface area contributed by atoms with Crippen LogP contribution in [0.25, 0.3) is 0 Å². The predicted molar refractivity (Wildman–Crippen MR) is 71.1 cm³/mol. The number of hydrogen-bond donors (Lipinski definition) is 1. The van der Waals surface area contributed by atoms with Crippen molar-refractivity contribution >= 4 is 17.8 Å². The summed E-state index contributed by atoms with van der Waals surface area (Å²) in [5.74, 6) is 0.991. The van der Waals surface area contributed by atoms with Crippen molar-refractivity contribution in [2.24, 2.45) is 16.1 Å². The number of hydrogen-bond acceptors (Lipinski definition) is 3. The van der Waals surface area contributed by atoms with Crippen molar-refractivity contribution in [3.05, 3.63) is 11.5 Å². The van der Waals surface area contributed by atoms with Crippen molar-refractivity contribution in [3.8, 4) is 0 Å². The molecule has 94 valence electrons. The van der Waals surface area contributed by atoms with Gasteiger partial charge in [-0.1, -0.05) is 12.8 Å². The largest absolute Gasteiger partial charge is 0.399 e. The molecule has 4 heteroatoms. The first kappa shape index (κ1) is 11.4. The molecule has 0 amide bonds. The SMILES string of the molecule is NC1=C(N2CCC3(CCCC3)C2)N=CC(Cl)C1. The maximum Gasteiger partial charge on any atom is 0.147 e. The summed E-state index contributed by atoms with van der Waals surface area (Å²) in [5.41, 5.74) is 7.51. The second-order valence-corrected chi connectivity index (χ2v) is 6.29. The van der Waals surface area contributed by atoms with Crippen molar-refractivity contribution in [1.29, 1.82) is 0 Å². The molecule has 0 radical (unpaired) electrons. The third-order valence-corrected chi connectivity index (χ3v) is 4.73. The van der Waals surface area contributed by atoms with Crippen LogP contribution in [0, 0.1) is 5.41 Å². The van der Waals surface area contributed by atoms with Crippen molar-refractivity contribution in [3.63, 3.8) is 0 Å². The second kappa shape index (κ2) is 4.20. The van der Waals surface area contributed by atoms with Crippen LogP contribution >= 0.6 is 11.6 Å². The number of allylic oxidation sites excluding steroid dienone is 1. The summed E-state index contributed by atoms with van der Waals surface area (Å²) in [4.78, 5) is 6.83. The highest BCUT2D eigenvalue weighted by molar-refractivity contribution is 6.28. The topological polar surface area (TPSA) is 41.6 Å². The highest BCUT2D eigenvalue weighted by Gasteiger charge is 2.41. The van der Waals surface area contributed by atoms with Crippen LogP contribution in [0.1, 0.15) is 38.5 Å². The molecule has 1 aliphatic carbocycles. The smallest absolute Gasteiger partial charge is 0.147 e. The van der Waals surface area contributed by atoms with E-state index in [4.69, 9.17) is 17.3 Å². The molecular weight excluding hydrogens is 234 g/mol. The Morgan fingerprint density at radius 3 is 2.82 bits per heavy atom. The number of rotatable bonds is 1. The summed E-state index contributed by atoms with van der Waals surface area (Å²) in [5, 5.41) is -0.0261. The minimum Gasteiger partial charge on any atom is -0.399 e. The molecule has 3 nitrogen and oxygen atoms in total. The van der Waals surface area contributed by atoms with Gasteiger partial charge in [0, 0.05) is 25.7 Å². The minimum atomic E-state index is -0.0261. The summed E-state index contributed by atoms with van der Waals surface area (Å²) >= 11 is 6.02. The average Bonchev–Trinajstić information content (AvgIpc) is 2.90. The highest BCUT2D eigenvalue weighted by atomic mass is 35.5. The molecule has 3 rings (SSSR count). The number of nitrogens with zero attached hydrogens (tertiary/aromatic N) is 2. The van der Waals surface area contributed by atoms with Gasteiger partial charge in [0.2, 0.25) is 0 Å². The second-order valence-electron chi connectivity index (χ2n) is 5.73. The Morgan fingerprint density at radius 2 is 2.12 bits per heavy atom. The predicted octanol–water partition coefficient (Wildman–Crippen LogP) is 2.46. The standard InChI is InChI=1S/C13H20ClN3/c14-10-7-11(15)12(16-8-10)17-6-5-13(9-17)3-1-2-4-13/h8,10H,1-7,9,15H2. The number of likely N-dealkylation sites (tertiary alicyclic amines) is 1. The fourth-order valence-corrected chi connectivity index (χ4v) is 3.74. The number of halogens is 1. The molecule has 2 N–H and O–H groups in total. The van der Waals surface area contributed by atoms with Gasteiger partial charge in [0.15, 0.2) is 0 Å². The van der Waals surface area contributed by atoms with Crippen LogP contribution in [-0.2, 0) is 0 Å². The Morgan fingerprint density at radius 1 is 1.35 bits per heavy atom. The van der Waals surface area contributed by atoms with Crippen LogP contribution in [0.2, 0.25) is 0 Å². The Hall–Kier alpha value is -0.700. The zero-order valence-corrected chi connectivity index (χ0v) is 10.9. The summed E-state index contributed by atoms with van der Waals surface area (Å²) in [7, 11) is 0. The Labute approximate surface area is 108 Å². The van der Waals surface area contributed by atoms with E-state index in [0.29, 0.717) is 5.41 Å². The molecule has 2 aliphatic heterocycles. The van der Waals surface area contributed by atoms with E-state index in [-0.39, 0.29) is 5.38 Å². The molecule has 1 unspecified atom stereocenters. The lowest BCUT2D eigenvalue weighted by Gasteiger charge is -2.27. The van der Waals surface area contributed by atoms with Gasteiger partial charge < -0.3 is 10.6 Å². The zero-order valence-electron chi connectivity index (χ0n) is 10.2. The summed E-state index contributed by atoms with van der Waals surface area (Å²) in [6.45, 7) is 2.26. The molecule has 2 fully saturated rings. The summed E-state index contributed by atoms with van der Waals surface area (Å²) < 4.78 is 0. The monoisotopic (exact) mass is 253 g/mol. The van der Waals surface area contributed by atoms with Crippen molar-refractivity contribution in [2.45, 2.75) is 43.9 Å². The van der Waals surface area contributed by atoms with Gasteiger partial charge in [-0.2, -0.15) is 0 Å². The molecule has 0 aromatic rings. The van der Waals surface area contributed by atoms with Crippen LogP contribution in [0.4, 0.5) is 0 Å². The number of aliphatic imine (C=N–C) groups is 1. The van der Waals surface area contributed by atoms with E-state index in [1.54, 1.807) is 0 Å². The quantitative estimate of drug-likeness (QED) is 0.730. The van der Waals surface area contributed by atoms with E-state index in [0.717, 1.165) is 31.0 Å². The van der Waals surface area contributed by atoms with E-state index in [1.807, 2.05) is 6.21 Å². The highest BCUT2D eigenvalue weighted by Crippen LogP contribution is 2.46. The first-order valence-electron chi connectivity index (χ1n) is 6.60. The van der Waals surface area contributed by atoms with Gasteiger partial charge in [-0.3, -0.25) is 0 Å². The van der Waals surface area contributed by atoms with E-state index in [2.05, 4.69) is 9.89 Å². The van der Waals surface area contributed by atoms with E-state index in [1.165, 1.54) is 32.1 Å². The molecule has 0 aromatic heterocycles. The van der Waals surface area contributed by atoms with Crippen molar-refractivity contribution < 1.29 is 0 Å². The van der Waals surface area contributed by atoms with E-state index in [9.17, 15) is 0 Å². The van der Waals surface area contributed by atoms with Crippen molar-refractivity contribution in [2.75, 3.05) is 13.1 Å². The molecule has 1 saturated carbocycles. The lowest BCUT2D eigenvalue weighted by Crippen LogP contribution is -2.29. The molecule has 2 heterocycles. The lowest BCUT2D eigenvalue weighted by atomic mass is 9.86. The fourth-order valence-electron chi connectivity index (χ4n) is 3.52. The molecule has 1 saturated heterocycles. The molecule has 17 heavy (non-hydrogen) atoms. The molecular formula is C13H20ClN3. The van der Waals surface area contributed by atoms with Gasteiger partial charge >= 0.3 is 0 Å². The van der Waals surface area contributed by atoms with Crippen LogP contribution in [-0.4, -0.2) is 29.6 Å². The minimum absolute atomic E-state index is 0.0261. The third kappa shape index (κ3) is 2.05. The lowest BCUT2D eigenvalue weighted by molar-refractivity contribution is 0.290. The summed E-state index contributed by atoms with van der Waals surface area (Å²) in [6, 6.07) is 0. The normalized spacial score (nSPS) is 31.8. The molecule has 1 atom stereocenters. The Bertz CT molecular complexity index is 369. The van der Waals surface area contributed by atoms with Gasteiger partial charge in [0.1, 0.15) is 5.82 Å². The van der Waals surface area contributed by atoms with Crippen LogP contribution in [0.3, 0.4) is 0 Å². The van der Waals surface area contributed by atoms with Gasteiger partial charge in [0.05, 0.1) is 11.1 Å². The van der Waals surface area contributed by atoms with Gasteiger partial charge in [-0.15, -0.1) is 11.6 Å². The molecule has 0 bridgehead atoms. The fraction of sp³-hybridized carbons (Fsp3) is 0.769. The number of alkyl halides is 1. The van der Waals surface area contributed by atoms with Gasteiger partial charge in [-0.25, -0.2) is 4.99 Å².